The number of allylic oxidation sites excluding steroid dienone is 1. The van der Waals surface area contributed by atoms with Crippen LogP contribution in [0.1, 0.15) is 17.5 Å². The minimum Gasteiger partial charge on any atom is -0.468 e. The van der Waals surface area contributed by atoms with Crippen molar-refractivity contribution in [2.24, 2.45) is 0 Å². The van der Waals surface area contributed by atoms with Gasteiger partial charge in [-0.2, -0.15) is 0 Å². The molecule has 1 aromatic carbocycles. The number of carbonyl (C=O) groups excluding carboxylic acids is 1. The monoisotopic (exact) mass is 218 g/mol. The maximum absolute atomic E-state index is 10.7. The molecular weight excluding hydrogens is 204 g/mol. The normalized spacial score (nSPS) is 13.9. The molecule has 0 atom stereocenters. The van der Waals surface area contributed by atoms with Gasteiger partial charge in [-0.25, -0.2) is 0 Å². The molecule has 3 heteroatoms. The van der Waals surface area contributed by atoms with Crippen LogP contribution in [0.25, 0.3) is 6.08 Å². The largest absolute Gasteiger partial charge is 0.468 e. The van der Waals surface area contributed by atoms with Crippen LogP contribution in [0, 0.1) is 0 Å². The Morgan fingerprint density at radius 1 is 1.38 bits per heavy atom. The molecule has 0 spiro atoms. The third kappa shape index (κ3) is 2.31. The van der Waals surface area contributed by atoms with Crippen LogP contribution in [0.15, 0.2) is 23.8 Å². The van der Waals surface area contributed by atoms with Gasteiger partial charge in [0.25, 0.3) is 0 Å². The zero-order valence-electron chi connectivity index (χ0n) is 9.23. The van der Waals surface area contributed by atoms with Crippen molar-refractivity contribution in [1.82, 2.24) is 0 Å². The summed E-state index contributed by atoms with van der Waals surface area (Å²) in [5, 5.41) is 0. The number of fused-ring (bicyclic) bond motifs is 1. The van der Waals surface area contributed by atoms with Crippen LogP contribution in [0.5, 0.6) is 5.75 Å². The lowest BCUT2D eigenvalue weighted by molar-refractivity contribution is -0.105. The van der Waals surface area contributed by atoms with Crippen molar-refractivity contribution in [3.05, 3.63) is 34.9 Å². The molecule has 3 nitrogen and oxygen atoms in total. The fraction of sp³-hybridized carbons (Fsp3) is 0.308. The van der Waals surface area contributed by atoms with Gasteiger partial charge in [0, 0.05) is 7.11 Å². The summed E-state index contributed by atoms with van der Waals surface area (Å²) in [7, 11) is 1.59. The molecule has 0 aromatic heterocycles. The van der Waals surface area contributed by atoms with E-state index in [0.717, 1.165) is 36.0 Å². The Bertz CT molecular complexity index is 421. The van der Waals surface area contributed by atoms with Crippen molar-refractivity contribution >= 4 is 12.4 Å². The van der Waals surface area contributed by atoms with Gasteiger partial charge in [0.2, 0.25) is 0 Å². The zero-order valence-corrected chi connectivity index (χ0v) is 9.23. The molecule has 0 radical (unpaired) electrons. The Morgan fingerprint density at radius 3 is 3.00 bits per heavy atom. The topological polar surface area (TPSA) is 35.5 Å². The molecule has 1 aliphatic rings. The van der Waals surface area contributed by atoms with Crippen molar-refractivity contribution in [3.63, 3.8) is 0 Å². The van der Waals surface area contributed by atoms with Crippen molar-refractivity contribution in [1.29, 1.82) is 0 Å². The summed E-state index contributed by atoms with van der Waals surface area (Å²) in [6.07, 6.45) is 4.57. The first-order chi connectivity index (χ1) is 7.83. The summed E-state index contributed by atoms with van der Waals surface area (Å²) in [6, 6.07) is 5.87. The lowest BCUT2D eigenvalue weighted by atomic mass is 9.93. The van der Waals surface area contributed by atoms with Gasteiger partial charge in [-0.05, 0) is 47.8 Å². The van der Waals surface area contributed by atoms with Crippen LogP contribution in [0.4, 0.5) is 0 Å². The van der Waals surface area contributed by atoms with Gasteiger partial charge in [-0.3, -0.25) is 4.79 Å². The molecule has 2 rings (SSSR count). The third-order valence-corrected chi connectivity index (χ3v) is 2.63. The van der Waals surface area contributed by atoms with Gasteiger partial charge in [0.15, 0.2) is 6.79 Å². The van der Waals surface area contributed by atoms with Gasteiger partial charge < -0.3 is 9.47 Å². The minimum absolute atomic E-state index is 0.258. The number of aldehydes is 1. The smallest absolute Gasteiger partial charge is 0.188 e. The van der Waals surface area contributed by atoms with Gasteiger partial charge in [-0.15, -0.1) is 0 Å². The Labute approximate surface area is 94.7 Å². The number of hydrogen-bond acceptors (Lipinski definition) is 3. The number of ether oxygens (including phenoxy) is 2. The Hall–Kier alpha value is -1.61. The first kappa shape index (κ1) is 10.9. The van der Waals surface area contributed by atoms with E-state index in [1.54, 1.807) is 7.11 Å². The molecule has 0 bridgehead atoms. The molecule has 0 saturated carbocycles. The van der Waals surface area contributed by atoms with Gasteiger partial charge in [-0.1, -0.05) is 6.07 Å². The van der Waals surface area contributed by atoms with E-state index in [4.69, 9.17) is 9.47 Å². The van der Waals surface area contributed by atoms with E-state index < -0.39 is 0 Å². The number of benzene rings is 1. The molecular formula is C13H14O3. The molecule has 0 aliphatic heterocycles. The maximum atomic E-state index is 10.7. The lowest BCUT2D eigenvalue weighted by Crippen LogP contribution is -2.03. The van der Waals surface area contributed by atoms with E-state index in [9.17, 15) is 4.79 Å². The van der Waals surface area contributed by atoms with Crippen LogP contribution in [0.2, 0.25) is 0 Å². The Kier molecular flexibility index (Phi) is 3.37. The van der Waals surface area contributed by atoms with Crippen molar-refractivity contribution in [2.45, 2.75) is 12.8 Å². The summed E-state index contributed by atoms with van der Waals surface area (Å²) in [6.45, 7) is 0.258. The fourth-order valence-electron chi connectivity index (χ4n) is 1.80. The summed E-state index contributed by atoms with van der Waals surface area (Å²) in [5.74, 6) is 0.809. The standard InChI is InChI=1S/C13H14O3/c1-15-9-16-13-5-4-11-6-10(8-14)2-3-12(11)7-13/h4-8H,2-3,9H2,1H3. The fourth-order valence-corrected chi connectivity index (χ4v) is 1.80. The zero-order chi connectivity index (χ0) is 11.4. The molecule has 16 heavy (non-hydrogen) atoms. The SMILES string of the molecule is COCOc1ccc2c(c1)CCC(C=O)=C2. The predicted octanol–water partition coefficient (Wildman–Crippen LogP) is 2.20. The number of carbonyl (C=O) groups is 1. The summed E-state index contributed by atoms with van der Waals surface area (Å²) in [5.41, 5.74) is 3.19. The molecule has 0 fully saturated rings. The van der Waals surface area contributed by atoms with Crippen molar-refractivity contribution in [3.8, 4) is 5.75 Å². The van der Waals surface area contributed by atoms with E-state index >= 15 is 0 Å². The highest BCUT2D eigenvalue weighted by Crippen LogP contribution is 2.26. The van der Waals surface area contributed by atoms with E-state index in [1.165, 1.54) is 5.56 Å². The first-order valence-electron chi connectivity index (χ1n) is 5.24. The number of rotatable bonds is 4. The van der Waals surface area contributed by atoms with Crippen LogP contribution in [0.3, 0.4) is 0 Å². The molecule has 0 amide bonds. The van der Waals surface area contributed by atoms with E-state index in [2.05, 4.69) is 0 Å². The lowest BCUT2D eigenvalue weighted by Gasteiger charge is -2.14. The molecule has 84 valence electrons. The molecule has 0 saturated heterocycles. The molecule has 1 aromatic rings. The number of aryl methyl sites for hydroxylation is 1. The average Bonchev–Trinajstić information content (AvgIpc) is 2.35. The van der Waals surface area contributed by atoms with E-state index in [-0.39, 0.29) is 6.79 Å². The van der Waals surface area contributed by atoms with Crippen LogP contribution < -0.4 is 4.74 Å². The first-order valence-corrected chi connectivity index (χ1v) is 5.24. The highest BCUT2D eigenvalue weighted by atomic mass is 16.7. The van der Waals surface area contributed by atoms with Gasteiger partial charge in [0.1, 0.15) is 12.0 Å². The van der Waals surface area contributed by atoms with Gasteiger partial charge >= 0.3 is 0 Å². The number of hydrogen-bond donors (Lipinski definition) is 0. The summed E-state index contributed by atoms with van der Waals surface area (Å²) >= 11 is 0. The molecule has 0 N–H and O–H groups in total. The quantitative estimate of drug-likeness (QED) is 0.574. The summed E-state index contributed by atoms with van der Waals surface area (Å²) in [4.78, 5) is 10.7. The van der Waals surface area contributed by atoms with E-state index in [1.807, 2.05) is 24.3 Å². The number of methoxy groups -OCH3 is 1. The highest BCUT2D eigenvalue weighted by molar-refractivity contribution is 5.83. The second kappa shape index (κ2) is 4.94. The van der Waals surface area contributed by atoms with Crippen LogP contribution >= 0.6 is 0 Å². The second-order valence-electron chi connectivity index (χ2n) is 3.75. The second-order valence-corrected chi connectivity index (χ2v) is 3.75. The molecule has 0 unspecified atom stereocenters. The highest BCUT2D eigenvalue weighted by Gasteiger charge is 2.10. The van der Waals surface area contributed by atoms with E-state index in [0.29, 0.717) is 0 Å². The predicted molar refractivity (Wildman–Crippen MR) is 61.3 cm³/mol. The minimum atomic E-state index is 0.258. The van der Waals surface area contributed by atoms with Crippen LogP contribution in [-0.2, 0) is 16.0 Å². The van der Waals surface area contributed by atoms with Crippen molar-refractivity contribution in [2.75, 3.05) is 13.9 Å². The Morgan fingerprint density at radius 2 is 2.25 bits per heavy atom. The third-order valence-electron chi connectivity index (χ3n) is 2.63. The van der Waals surface area contributed by atoms with Crippen LogP contribution in [-0.4, -0.2) is 20.2 Å². The maximum Gasteiger partial charge on any atom is 0.188 e. The Balaban J connectivity index is 2.21. The molecule has 0 heterocycles. The summed E-state index contributed by atoms with van der Waals surface area (Å²) < 4.78 is 10.2. The van der Waals surface area contributed by atoms with Crippen molar-refractivity contribution < 1.29 is 14.3 Å². The average molecular weight is 218 g/mol. The van der Waals surface area contributed by atoms with Gasteiger partial charge in [0.05, 0.1) is 0 Å². The molecule has 1 aliphatic carbocycles.